The Morgan fingerprint density at radius 1 is 1.15 bits per heavy atom. The van der Waals surface area contributed by atoms with E-state index in [4.69, 9.17) is 15.2 Å². The molecule has 0 spiro atoms. The second-order valence-corrected chi connectivity index (χ2v) is 10.1. The van der Waals surface area contributed by atoms with Crippen LogP contribution in [0.5, 0.6) is 5.75 Å². The average Bonchev–Trinajstić information content (AvgIpc) is 3.37. The minimum absolute atomic E-state index is 0.0891. The Hall–Kier alpha value is -3.13. The zero-order valence-electron chi connectivity index (χ0n) is 20.0. The van der Waals surface area contributed by atoms with Crippen LogP contribution >= 0.6 is 11.8 Å². The number of hydrazone groups is 1. The van der Waals surface area contributed by atoms with Crippen molar-refractivity contribution in [3.8, 4) is 11.4 Å². The van der Waals surface area contributed by atoms with E-state index < -0.39 is 0 Å². The number of benzene rings is 1. The van der Waals surface area contributed by atoms with E-state index in [2.05, 4.69) is 15.6 Å². The van der Waals surface area contributed by atoms with Gasteiger partial charge in [-0.15, -0.1) is 0 Å². The summed E-state index contributed by atoms with van der Waals surface area (Å²) in [6.07, 6.45) is 7.69. The van der Waals surface area contributed by atoms with Crippen molar-refractivity contribution < 1.29 is 9.53 Å². The monoisotopic (exact) mass is 475 g/mol. The molecule has 2 aliphatic heterocycles. The number of nitrogens with one attached hydrogen (secondary N) is 1. The normalized spacial score (nSPS) is 20.0. The predicted molar refractivity (Wildman–Crippen MR) is 138 cm³/mol. The Bertz CT molecular complexity index is 1280. The summed E-state index contributed by atoms with van der Waals surface area (Å²) in [5.74, 6) is 0.889. The van der Waals surface area contributed by atoms with Gasteiger partial charge < -0.3 is 9.30 Å². The number of aromatic nitrogens is 1. The summed E-state index contributed by atoms with van der Waals surface area (Å²) in [4.78, 5) is 17.2. The topological polar surface area (TPSA) is 83.0 Å². The van der Waals surface area contributed by atoms with Crippen molar-refractivity contribution in [1.82, 2.24) is 9.58 Å². The Morgan fingerprint density at radius 2 is 1.91 bits per heavy atom. The number of aliphatic imine (C=N–C) groups is 1. The fraction of sp³-hybridized carbons (Fsp3) is 0.385. The molecule has 2 aromatic rings. The van der Waals surface area contributed by atoms with Crippen LogP contribution in [0.1, 0.15) is 54.6 Å². The molecule has 176 valence electrons. The van der Waals surface area contributed by atoms with E-state index in [-0.39, 0.29) is 17.3 Å². The first-order chi connectivity index (χ1) is 16.4. The largest absolute Gasteiger partial charge is 0.495 e. The summed E-state index contributed by atoms with van der Waals surface area (Å²) in [5.41, 5.74) is 5.19. The Balaban J connectivity index is 1.50. The van der Waals surface area contributed by atoms with Gasteiger partial charge in [0.15, 0.2) is 5.84 Å². The zero-order valence-corrected chi connectivity index (χ0v) is 20.8. The van der Waals surface area contributed by atoms with E-state index >= 15 is 0 Å². The quantitative estimate of drug-likeness (QED) is 0.583. The first kappa shape index (κ1) is 22.7. The minimum Gasteiger partial charge on any atom is -0.495 e. The molecule has 3 aliphatic rings. The van der Waals surface area contributed by atoms with Gasteiger partial charge in [-0.2, -0.15) is 15.1 Å². The van der Waals surface area contributed by atoms with Crippen molar-refractivity contribution in [3.63, 3.8) is 0 Å². The molecule has 0 unspecified atom stereocenters. The van der Waals surface area contributed by atoms with Crippen molar-refractivity contribution in [2.24, 2.45) is 16.0 Å². The van der Waals surface area contributed by atoms with Crippen molar-refractivity contribution in [3.05, 3.63) is 52.4 Å². The lowest BCUT2D eigenvalue weighted by atomic mass is 9.90. The molecule has 1 aliphatic carbocycles. The molecule has 1 aromatic carbocycles. The summed E-state index contributed by atoms with van der Waals surface area (Å²) in [6.45, 7) is 6.09. The standard InChI is InChI=1S/C26H29N5O2S/c1-15-10-11-22(33-4)21(12-15)30-16(2)13-19(17(30)3)14-20-23(27)31-26(28-24(20)32)34-25(29-31)18-8-6-5-7-9-18/h10-14,18,27H,5-9H2,1-4H3. The zero-order chi connectivity index (χ0) is 24.0. The van der Waals surface area contributed by atoms with Crippen LogP contribution in [0, 0.1) is 32.1 Å². The molecule has 1 fully saturated rings. The van der Waals surface area contributed by atoms with E-state index in [9.17, 15) is 4.79 Å². The minimum atomic E-state index is -0.387. The smallest absolute Gasteiger partial charge is 0.283 e. The fourth-order valence-corrected chi connectivity index (χ4v) is 6.02. The van der Waals surface area contributed by atoms with Gasteiger partial charge in [0, 0.05) is 17.3 Å². The van der Waals surface area contributed by atoms with Gasteiger partial charge in [0.05, 0.1) is 18.4 Å². The molecule has 0 bridgehead atoms. The number of carbonyl (C=O) groups excluding carboxylic acids is 1. The van der Waals surface area contributed by atoms with Crippen LogP contribution in [0.25, 0.3) is 11.8 Å². The van der Waals surface area contributed by atoms with Crippen LogP contribution in [-0.4, -0.2) is 38.6 Å². The molecule has 8 heteroatoms. The Kier molecular flexibility index (Phi) is 5.93. The first-order valence-electron chi connectivity index (χ1n) is 11.7. The summed E-state index contributed by atoms with van der Waals surface area (Å²) in [5, 5.41) is 16.5. The van der Waals surface area contributed by atoms with Crippen LogP contribution in [0.3, 0.4) is 0 Å². The maximum Gasteiger partial charge on any atom is 0.283 e. The summed E-state index contributed by atoms with van der Waals surface area (Å²) < 4.78 is 7.72. The molecule has 1 N–H and O–H groups in total. The van der Waals surface area contributed by atoms with Crippen LogP contribution < -0.4 is 4.74 Å². The van der Waals surface area contributed by atoms with E-state index in [1.54, 1.807) is 13.2 Å². The Labute approximate surface area is 204 Å². The molecular formula is C26H29N5O2S. The number of hydrogen-bond donors (Lipinski definition) is 1. The van der Waals surface area contributed by atoms with E-state index in [0.717, 1.165) is 51.8 Å². The lowest BCUT2D eigenvalue weighted by Gasteiger charge is -2.20. The van der Waals surface area contributed by atoms with Gasteiger partial charge >= 0.3 is 0 Å². The van der Waals surface area contributed by atoms with Gasteiger partial charge in [-0.25, -0.2) is 0 Å². The molecule has 1 amide bonds. The van der Waals surface area contributed by atoms with Crippen LogP contribution in [0.15, 0.2) is 39.9 Å². The molecule has 5 rings (SSSR count). The highest BCUT2D eigenvalue weighted by molar-refractivity contribution is 8.27. The number of methoxy groups -OCH3 is 1. The van der Waals surface area contributed by atoms with Crippen molar-refractivity contribution in [2.45, 2.75) is 52.9 Å². The van der Waals surface area contributed by atoms with Gasteiger partial charge in [0.1, 0.15) is 10.8 Å². The van der Waals surface area contributed by atoms with Crippen molar-refractivity contribution >= 4 is 39.8 Å². The van der Waals surface area contributed by atoms with E-state index in [1.165, 1.54) is 36.0 Å². The first-order valence-corrected chi connectivity index (χ1v) is 12.5. The van der Waals surface area contributed by atoms with Gasteiger partial charge in [-0.05, 0) is 80.8 Å². The lowest BCUT2D eigenvalue weighted by Crippen LogP contribution is -2.35. The van der Waals surface area contributed by atoms with Gasteiger partial charge in [0.2, 0.25) is 5.17 Å². The third-order valence-electron chi connectivity index (χ3n) is 6.77. The number of nitrogens with zero attached hydrogens (tertiary/aromatic N) is 4. The number of fused-ring (bicyclic) bond motifs is 1. The number of amidine groups is 2. The van der Waals surface area contributed by atoms with Crippen LogP contribution in [0.2, 0.25) is 0 Å². The molecule has 1 saturated carbocycles. The third kappa shape index (κ3) is 3.90. The van der Waals surface area contributed by atoms with E-state index in [0.29, 0.717) is 11.1 Å². The lowest BCUT2D eigenvalue weighted by molar-refractivity contribution is -0.114. The highest BCUT2D eigenvalue weighted by Crippen LogP contribution is 2.37. The summed E-state index contributed by atoms with van der Waals surface area (Å²) in [6, 6.07) is 8.10. The molecular weight excluding hydrogens is 446 g/mol. The molecule has 3 heterocycles. The van der Waals surface area contributed by atoms with Gasteiger partial charge in [-0.3, -0.25) is 10.2 Å². The molecule has 0 radical (unpaired) electrons. The van der Waals surface area contributed by atoms with Crippen LogP contribution in [-0.2, 0) is 4.79 Å². The third-order valence-corrected chi connectivity index (χ3v) is 7.84. The maximum absolute atomic E-state index is 12.9. The summed E-state index contributed by atoms with van der Waals surface area (Å²) >= 11 is 1.45. The molecule has 0 saturated heterocycles. The number of thioether (sulfide) groups is 1. The van der Waals surface area contributed by atoms with E-state index in [1.807, 2.05) is 39.0 Å². The molecule has 1 aromatic heterocycles. The van der Waals surface area contributed by atoms with Crippen molar-refractivity contribution in [2.75, 3.05) is 7.11 Å². The number of carbonyl (C=O) groups is 1. The molecule has 7 nitrogen and oxygen atoms in total. The van der Waals surface area contributed by atoms with Gasteiger partial charge in [-0.1, -0.05) is 25.3 Å². The number of ether oxygens (including phenoxy) is 1. The molecule has 0 atom stereocenters. The number of hydrogen-bond acceptors (Lipinski definition) is 5. The second kappa shape index (κ2) is 8.91. The number of rotatable bonds is 4. The second-order valence-electron chi connectivity index (χ2n) is 9.13. The maximum atomic E-state index is 12.9. The Morgan fingerprint density at radius 3 is 2.65 bits per heavy atom. The molecule has 34 heavy (non-hydrogen) atoms. The predicted octanol–water partition coefficient (Wildman–Crippen LogP) is 5.61. The van der Waals surface area contributed by atoms with Crippen molar-refractivity contribution in [1.29, 1.82) is 5.41 Å². The number of amides is 1. The number of aryl methyl sites for hydroxylation is 2. The fourth-order valence-electron chi connectivity index (χ4n) is 4.96. The van der Waals surface area contributed by atoms with Crippen LogP contribution in [0.4, 0.5) is 0 Å². The highest BCUT2D eigenvalue weighted by atomic mass is 32.2. The van der Waals surface area contributed by atoms with Gasteiger partial charge in [0.25, 0.3) is 5.91 Å². The SMILES string of the molecule is COc1ccc(C)cc1-n1c(C)cc(C=C2C(=N)N3N=C(C4CCCCC4)SC3=NC2=O)c1C. The highest BCUT2D eigenvalue weighted by Gasteiger charge is 2.38. The average molecular weight is 476 g/mol. The summed E-state index contributed by atoms with van der Waals surface area (Å²) in [7, 11) is 1.67.